The van der Waals surface area contributed by atoms with E-state index < -0.39 is 21.3 Å². The van der Waals surface area contributed by atoms with Gasteiger partial charge in [0, 0.05) is 0 Å². The van der Waals surface area contributed by atoms with Gasteiger partial charge in [-0.05, 0) is 71.9 Å². The monoisotopic (exact) mass is 541 g/mol. The molecule has 0 atom stereocenters. The highest BCUT2D eigenvalue weighted by atomic mass is 32.2. The van der Waals surface area contributed by atoms with E-state index >= 15 is 0 Å². The Morgan fingerprint density at radius 3 is 2.14 bits per heavy atom. The number of hydrogen-bond acceptors (Lipinski definition) is 9. The van der Waals surface area contributed by atoms with E-state index in [1.807, 2.05) is 6.07 Å². The Balaban J connectivity index is 1.37. The van der Waals surface area contributed by atoms with Gasteiger partial charge in [-0.15, -0.1) is 0 Å². The largest absolute Gasteiger partial charge is 0.497 e. The van der Waals surface area contributed by atoms with Gasteiger partial charge in [0.2, 0.25) is 0 Å². The van der Waals surface area contributed by atoms with Crippen molar-refractivity contribution in [3.8, 4) is 23.0 Å². The Morgan fingerprint density at radius 1 is 0.838 bits per heavy atom. The van der Waals surface area contributed by atoms with Crippen LogP contribution in [0, 0.1) is 0 Å². The molecular weight excluding hydrogens is 518 g/mol. The van der Waals surface area contributed by atoms with Crippen molar-refractivity contribution in [2.45, 2.75) is 4.90 Å². The molecule has 4 rings (SSSR count). The first-order valence-electron chi connectivity index (χ1n) is 11.0. The average Bonchev–Trinajstić information content (AvgIpc) is 3.17. The second-order valence-electron chi connectivity index (χ2n) is 7.61. The minimum atomic E-state index is -4.03. The SMILES string of the molecule is COc1ccc(S(=O)(=O)Oc2ccc(/C=C3\SC(=O)N(CCOc4ccccc4OC)C3=O)cc2)cc1. The summed E-state index contributed by atoms with van der Waals surface area (Å²) in [5.41, 5.74) is 0.602. The Morgan fingerprint density at radius 2 is 1.49 bits per heavy atom. The van der Waals surface area contributed by atoms with Crippen LogP contribution in [0.5, 0.6) is 23.0 Å². The molecule has 0 radical (unpaired) electrons. The Hall–Kier alpha value is -3.96. The van der Waals surface area contributed by atoms with E-state index in [-0.39, 0.29) is 28.7 Å². The highest BCUT2D eigenvalue weighted by Crippen LogP contribution is 2.33. The van der Waals surface area contributed by atoms with Crippen LogP contribution < -0.4 is 18.4 Å². The maximum atomic E-state index is 12.8. The standard InChI is InChI=1S/C26H23NO8S2/c1-32-19-11-13-21(14-12-19)37(30,31)35-20-9-7-18(8-10-20)17-24-25(28)27(26(29)36-24)15-16-34-23-6-4-3-5-22(23)33-2/h3-14,17H,15-16H2,1-2H3/b24-17-. The number of para-hydroxylation sites is 2. The molecule has 11 heteroatoms. The molecule has 0 saturated carbocycles. The van der Waals surface area contributed by atoms with Crippen molar-refractivity contribution in [3.05, 3.63) is 83.3 Å². The molecule has 3 aromatic carbocycles. The van der Waals surface area contributed by atoms with Gasteiger partial charge in [-0.1, -0.05) is 24.3 Å². The summed E-state index contributed by atoms with van der Waals surface area (Å²) in [6.45, 7) is 0.191. The van der Waals surface area contributed by atoms with Gasteiger partial charge in [0.25, 0.3) is 11.1 Å². The van der Waals surface area contributed by atoms with Crippen molar-refractivity contribution in [2.75, 3.05) is 27.4 Å². The Labute approximate surface area is 218 Å². The predicted octanol–water partition coefficient (Wildman–Crippen LogP) is 4.59. The zero-order chi connectivity index (χ0) is 26.4. The lowest BCUT2D eigenvalue weighted by molar-refractivity contribution is -0.123. The molecule has 0 bridgehead atoms. The number of carbonyl (C=O) groups excluding carboxylic acids is 2. The highest BCUT2D eigenvalue weighted by molar-refractivity contribution is 8.18. The van der Waals surface area contributed by atoms with Gasteiger partial charge < -0.3 is 18.4 Å². The summed E-state index contributed by atoms with van der Waals surface area (Å²) in [4.78, 5) is 26.5. The van der Waals surface area contributed by atoms with Crippen molar-refractivity contribution in [1.82, 2.24) is 4.90 Å². The van der Waals surface area contributed by atoms with E-state index in [0.29, 0.717) is 22.8 Å². The number of rotatable bonds is 10. The number of amides is 2. The summed E-state index contributed by atoms with van der Waals surface area (Å²) in [7, 11) is -1.01. The predicted molar refractivity (Wildman–Crippen MR) is 138 cm³/mol. The summed E-state index contributed by atoms with van der Waals surface area (Å²) in [6.07, 6.45) is 1.56. The Kier molecular flexibility index (Phi) is 8.04. The fourth-order valence-corrected chi connectivity index (χ4v) is 5.16. The normalized spacial score (nSPS) is 14.6. The molecule has 0 aliphatic carbocycles. The third-order valence-corrected chi connectivity index (χ3v) is 7.42. The van der Waals surface area contributed by atoms with Gasteiger partial charge in [-0.25, -0.2) is 0 Å². The van der Waals surface area contributed by atoms with Crippen molar-refractivity contribution in [2.24, 2.45) is 0 Å². The first-order chi connectivity index (χ1) is 17.8. The fourth-order valence-electron chi connectivity index (χ4n) is 3.37. The molecule has 192 valence electrons. The topological polar surface area (TPSA) is 108 Å². The lowest BCUT2D eigenvalue weighted by atomic mass is 10.2. The van der Waals surface area contributed by atoms with Crippen LogP contribution in [-0.4, -0.2) is 51.8 Å². The van der Waals surface area contributed by atoms with E-state index in [2.05, 4.69) is 0 Å². The molecular formula is C26H23NO8S2. The fraction of sp³-hybridized carbons (Fsp3) is 0.154. The molecule has 0 unspecified atom stereocenters. The number of nitrogens with zero attached hydrogens (tertiary/aromatic N) is 1. The molecule has 1 saturated heterocycles. The summed E-state index contributed by atoms with van der Waals surface area (Å²) < 4.78 is 46.1. The molecule has 1 aliphatic heterocycles. The van der Waals surface area contributed by atoms with Gasteiger partial charge in [-0.3, -0.25) is 14.5 Å². The van der Waals surface area contributed by atoms with Gasteiger partial charge >= 0.3 is 10.1 Å². The highest BCUT2D eigenvalue weighted by Gasteiger charge is 2.34. The van der Waals surface area contributed by atoms with Crippen LogP contribution in [0.15, 0.2) is 82.6 Å². The lowest BCUT2D eigenvalue weighted by Gasteiger charge is -2.14. The molecule has 0 N–H and O–H groups in total. The number of carbonyl (C=O) groups is 2. The number of hydrogen-bond donors (Lipinski definition) is 0. The molecule has 1 fully saturated rings. The minimum absolute atomic E-state index is 0.0132. The zero-order valence-electron chi connectivity index (χ0n) is 19.9. The number of methoxy groups -OCH3 is 2. The van der Waals surface area contributed by atoms with Gasteiger partial charge in [-0.2, -0.15) is 8.42 Å². The van der Waals surface area contributed by atoms with Crippen molar-refractivity contribution >= 4 is 39.1 Å². The third kappa shape index (κ3) is 6.25. The first kappa shape index (κ1) is 26.1. The first-order valence-corrected chi connectivity index (χ1v) is 13.2. The molecule has 1 aliphatic rings. The second kappa shape index (κ2) is 11.4. The van der Waals surface area contributed by atoms with Crippen LogP contribution in [0.2, 0.25) is 0 Å². The number of thioether (sulfide) groups is 1. The molecule has 1 heterocycles. The molecule has 0 spiro atoms. The van der Waals surface area contributed by atoms with Crippen LogP contribution in [-0.2, 0) is 14.9 Å². The molecule has 2 amide bonds. The van der Waals surface area contributed by atoms with Crippen molar-refractivity contribution < 1.29 is 36.4 Å². The van der Waals surface area contributed by atoms with E-state index in [1.165, 1.54) is 50.6 Å². The minimum Gasteiger partial charge on any atom is -0.497 e. The summed E-state index contributed by atoms with van der Waals surface area (Å²) >= 11 is 0.826. The smallest absolute Gasteiger partial charge is 0.339 e. The summed E-state index contributed by atoms with van der Waals surface area (Å²) in [5, 5.41) is -0.398. The van der Waals surface area contributed by atoms with Gasteiger partial charge in [0.15, 0.2) is 11.5 Å². The maximum absolute atomic E-state index is 12.8. The van der Waals surface area contributed by atoms with Crippen molar-refractivity contribution in [1.29, 1.82) is 0 Å². The van der Waals surface area contributed by atoms with Crippen LogP contribution in [0.25, 0.3) is 6.08 Å². The molecule has 37 heavy (non-hydrogen) atoms. The van der Waals surface area contributed by atoms with Crippen LogP contribution in [0.4, 0.5) is 4.79 Å². The summed E-state index contributed by atoms with van der Waals surface area (Å²) in [6, 6.07) is 19.1. The van der Waals surface area contributed by atoms with Crippen molar-refractivity contribution in [3.63, 3.8) is 0 Å². The zero-order valence-corrected chi connectivity index (χ0v) is 21.6. The van der Waals surface area contributed by atoms with Gasteiger partial charge in [0.05, 0.1) is 25.7 Å². The number of imide groups is 1. The molecule has 3 aromatic rings. The van der Waals surface area contributed by atoms with E-state index in [1.54, 1.807) is 36.4 Å². The number of benzene rings is 3. The van der Waals surface area contributed by atoms with E-state index in [9.17, 15) is 18.0 Å². The average molecular weight is 542 g/mol. The van der Waals surface area contributed by atoms with E-state index in [4.69, 9.17) is 18.4 Å². The second-order valence-corrected chi connectivity index (χ2v) is 10.2. The lowest BCUT2D eigenvalue weighted by Crippen LogP contribution is -2.32. The molecule has 9 nitrogen and oxygen atoms in total. The third-order valence-electron chi connectivity index (χ3n) is 5.25. The maximum Gasteiger partial charge on any atom is 0.339 e. The number of ether oxygens (including phenoxy) is 3. The van der Waals surface area contributed by atoms with Crippen LogP contribution >= 0.6 is 11.8 Å². The quantitative estimate of drug-likeness (QED) is 0.269. The van der Waals surface area contributed by atoms with Crippen LogP contribution in [0.1, 0.15) is 5.56 Å². The Bertz CT molecular complexity index is 1420. The van der Waals surface area contributed by atoms with Gasteiger partial charge in [0.1, 0.15) is 23.0 Å². The molecule has 0 aromatic heterocycles. The van der Waals surface area contributed by atoms with E-state index in [0.717, 1.165) is 16.7 Å². The summed E-state index contributed by atoms with van der Waals surface area (Å²) in [5.74, 6) is 1.27. The van der Waals surface area contributed by atoms with Crippen LogP contribution in [0.3, 0.4) is 0 Å².